The number of hydrogen-bond acceptors (Lipinski definition) is 7. The van der Waals surface area contributed by atoms with E-state index in [2.05, 4.69) is 9.36 Å². The predicted octanol–water partition coefficient (Wildman–Crippen LogP) is 3.11. The fourth-order valence-corrected chi connectivity index (χ4v) is 3.10. The third-order valence-electron chi connectivity index (χ3n) is 2.26. The monoisotopic (exact) mass is 295 g/mol. The zero-order valence-electron chi connectivity index (χ0n) is 10.1. The van der Waals surface area contributed by atoms with Crippen LogP contribution in [0.5, 0.6) is 0 Å². The van der Waals surface area contributed by atoms with E-state index >= 15 is 0 Å². The number of ketones is 1. The largest absolute Gasteiger partial charge is 0.294 e. The Morgan fingerprint density at radius 1 is 1.47 bits per heavy atom. The number of nitro groups is 1. The van der Waals surface area contributed by atoms with Crippen molar-refractivity contribution in [2.45, 2.75) is 23.1 Å². The summed E-state index contributed by atoms with van der Waals surface area (Å²) in [6.45, 7) is 3.09. The molecule has 0 fully saturated rings. The molecule has 8 heteroatoms. The Labute approximate surface area is 117 Å². The Morgan fingerprint density at radius 3 is 2.74 bits per heavy atom. The van der Waals surface area contributed by atoms with Crippen LogP contribution < -0.4 is 0 Å². The molecule has 0 unspecified atom stereocenters. The van der Waals surface area contributed by atoms with Crippen LogP contribution in [0.3, 0.4) is 0 Å². The molecule has 0 spiro atoms. The summed E-state index contributed by atoms with van der Waals surface area (Å²) in [5, 5.41) is 11.0. The van der Waals surface area contributed by atoms with Crippen molar-refractivity contribution in [3.63, 3.8) is 0 Å². The molecular weight excluding hydrogens is 286 g/mol. The van der Waals surface area contributed by atoms with Gasteiger partial charge in [0.15, 0.2) is 10.1 Å². The van der Waals surface area contributed by atoms with Crippen molar-refractivity contribution >= 4 is 34.8 Å². The Balaban J connectivity index is 2.35. The highest BCUT2D eigenvalue weighted by Gasteiger charge is 2.18. The van der Waals surface area contributed by atoms with Crippen LogP contribution >= 0.6 is 23.3 Å². The molecule has 0 radical (unpaired) electrons. The number of carbonyl (C=O) groups excluding carboxylic acids is 1. The normalized spacial score (nSPS) is 10.4. The van der Waals surface area contributed by atoms with Crippen LogP contribution in [0.2, 0.25) is 0 Å². The van der Waals surface area contributed by atoms with Crippen molar-refractivity contribution in [1.29, 1.82) is 0 Å². The third-order valence-corrected chi connectivity index (χ3v) is 4.09. The Hall–Kier alpha value is -1.80. The lowest BCUT2D eigenvalue weighted by Gasteiger charge is -2.01. The number of nitro benzene ring substituents is 1. The van der Waals surface area contributed by atoms with Gasteiger partial charge in [-0.2, -0.15) is 4.37 Å². The van der Waals surface area contributed by atoms with Crippen molar-refractivity contribution in [2.75, 3.05) is 0 Å². The highest BCUT2D eigenvalue weighted by atomic mass is 32.2. The van der Waals surface area contributed by atoms with Gasteiger partial charge in [0.1, 0.15) is 5.82 Å². The number of rotatable bonds is 4. The second-order valence-electron chi connectivity index (χ2n) is 3.70. The smallest absolute Gasteiger partial charge is 0.281 e. The SMILES string of the molecule is CC(=O)c1ccc(Sc2nc(C)ns2)cc1[N+](=O)[O-]. The molecule has 0 aliphatic heterocycles. The molecule has 1 heterocycles. The Kier molecular flexibility index (Phi) is 3.91. The molecule has 0 saturated carbocycles. The number of nitrogens with zero attached hydrogens (tertiary/aromatic N) is 3. The maximum Gasteiger partial charge on any atom is 0.281 e. The first-order chi connectivity index (χ1) is 8.97. The molecule has 6 nitrogen and oxygen atoms in total. The minimum absolute atomic E-state index is 0.114. The molecule has 0 atom stereocenters. The van der Waals surface area contributed by atoms with Crippen molar-refractivity contribution in [1.82, 2.24) is 9.36 Å². The van der Waals surface area contributed by atoms with Gasteiger partial charge in [0, 0.05) is 11.0 Å². The van der Waals surface area contributed by atoms with Gasteiger partial charge in [0.2, 0.25) is 0 Å². The highest BCUT2D eigenvalue weighted by molar-refractivity contribution is 8.01. The summed E-state index contributed by atoms with van der Waals surface area (Å²) >= 11 is 2.52. The zero-order valence-corrected chi connectivity index (χ0v) is 11.7. The summed E-state index contributed by atoms with van der Waals surface area (Å²) < 4.78 is 4.75. The number of carbonyl (C=O) groups is 1. The summed E-state index contributed by atoms with van der Waals surface area (Å²) in [6, 6.07) is 4.53. The first kappa shape index (κ1) is 13.6. The third kappa shape index (κ3) is 3.15. The van der Waals surface area contributed by atoms with Gasteiger partial charge < -0.3 is 0 Å². The van der Waals surface area contributed by atoms with Crippen LogP contribution in [-0.4, -0.2) is 20.1 Å². The minimum Gasteiger partial charge on any atom is -0.294 e. The van der Waals surface area contributed by atoms with Gasteiger partial charge in [-0.05, 0) is 37.5 Å². The average molecular weight is 295 g/mol. The fourth-order valence-electron chi connectivity index (χ4n) is 1.44. The van der Waals surface area contributed by atoms with Gasteiger partial charge in [-0.1, -0.05) is 11.8 Å². The molecular formula is C11H9N3O3S2. The summed E-state index contributed by atoms with van der Waals surface area (Å²) in [4.78, 5) is 26.5. The summed E-state index contributed by atoms with van der Waals surface area (Å²) in [7, 11) is 0. The maximum atomic E-state index is 11.3. The van der Waals surface area contributed by atoms with E-state index < -0.39 is 4.92 Å². The van der Waals surface area contributed by atoms with Gasteiger partial charge in [0.25, 0.3) is 5.69 Å². The van der Waals surface area contributed by atoms with Crippen LogP contribution in [0.1, 0.15) is 23.1 Å². The van der Waals surface area contributed by atoms with Crippen molar-refractivity contribution in [3.05, 3.63) is 39.7 Å². The van der Waals surface area contributed by atoms with Crippen LogP contribution in [0.25, 0.3) is 0 Å². The molecule has 2 rings (SSSR count). The molecule has 1 aromatic carbocycles. The van der Waals surface area contributed by atoms with E-state index in [-0.39, 0.29) is 17.0 Å². The van der Waals surface area contributed by atoms with E-state index in [1.165, 1.54) is 42.4 Å². The minimum atomic E-state index is -0.549. The Bertz CT molecular complexity index is 654. The number of hydrogen-bond donors (Lipinski definition) is 0. The molecule has 1 aromatic heterocycles. The molecule has 0 aliphatic rings. The maximum absolute atomic E-state index is 11.3. The predicted molar refractivity (Wildman–Crippen MR) is 71.9 cm³/mol. The summed E-state index contributed by atoms with van der Waals surface area (Å²) in [5.41, 5.74) is -0.0680. The standard InChI is InChI=1S/C11H9N3O3S2/c1-6(15)9-4-3-8(5-10(9)14(16)17)18-11-12-7(2)13-19-11/h3-5H,1-2H3. The number of Topliss-reactive ketones (excluding diaryl/α,β-unsaturated/α-hetero) is 1. The van der Waals surface area contributed by atoms with Crippen LogP contribution in [0.4, 0.5) is 5.69 Å². The number of aromatic nitrogens is 2. The van der Waals surface area contributed by atoms with Gasteiger partial charge in [-0.15, -0.1) is 0 Å². The molecule has 2 aromatic rings. The summed E-state index contributed by atoms with van der Waals surface area (Å²) in [6.07, 6.45) is 0. The summed E-state index contributed by atoms with van der Waals surface area (Å²) in [5.74, 6) is 0.345. The average Bonchev–Trinajstić information content (AvgIpc) is 2.74. The van der Waals surface area contributed by atoms with Crippen molar-refractivity contribution < 1.29 is 9.72 Å². The van der Waals surface area contributed by atoms with Crippen molar-refractivity contribution in [2.24, 2.45) is 0 Å². The first-order valence-electron chi connectivity index (χ1n) is 5.25. The van der Waals surface area contributed by atoms with Crippen molar-refractivity contribution in [3.8, 4) is 0 Å². The lowest BCUT2D eigenvalue weighted by Crippen LogP contribution is -2.00. The van der Waals surface area contributed by atoms with Crippen LogP contribution in [-0.2, 0) is 0 Å². The van der Waals surface area contributed by atoms with Gasteiger partial charge >= 0.3 is 0 Å². The van der Waals surface area contributed by atoms with E-state index in [0.29, 0.717) is 15.1 Å². The van der Waals surface area contributed by atoms with Gasteiger partial charge in [-0.25, -0.2) is 4.98 Å². The van der Waals surface area contributed by atoms with E-state index in [1.807, 2.05) is 0 Å². The molecule has 0 amide bonds. The first-order valence-corrected chi connectivity index (χ1v) is 6.84. The molecule has 0 N–H and O–H groups in total. The molecule has 0 bridgehead atoms. The van der Waals surface area contributed by atoms with E-state index in [1.54, 1.807) is 13.0 Å². The topological polar surface area (TPSA) is 86.0 Å². The second-order valence-corrected chi connectivity index (χ2v) is 5.77. The Morgan fingerprint density at radius 2 is 2.21 bits per heavy atom. The fraction of sp³-hybridized carbons (Fsp3) is 0.182. The quantitative estimate of drug-likeness (QED) is 0.489. The van der Waals surface area contributed by atoms with E-state index in [0.717, 1.165) is 0 Å². The highest BCUT2D eigenvalue weighted by Crippen LogP contribution is 2.32. The lowest BCUT2D eigenvalue weighted by atomic mass is 10.1. The molecule has 19 heavy (non-hydrogen) atoms. The second kappa shape index (κ2) is 5.45. The van der Waals surface area contributed by atoms with Crippen LogP contribution in [0, 0.1) is 17.0 Å². The van der Waals surface area contributed by atoms with Gasteiger partial charge in [0.05, 0.1) is 10.5 Å². The molecule has 98 valence electrons. The van der Waals surface area contributed by atoms with Gasteiger partial charge in [-0.3, -0.25) is 14.9 Å². The van der Waals surface area contributed by atoms with Crippen LogP contribution in [0.15, 0.2) is 27.4 Å². The zero-order chi connectivity index (χ0) is 14.0. The number of aryl methyl sites for hydroxylation is 1. The van der Waals surface area contributed by atoms with E-state index in [4.69, 9.17) is 0 Å². The lowest BCUT2D eigenvalue weighted by molar-refractivity contribution is -0.385. The number of benzene rings is 1. The molecule has 0 saturated heterocycles. The van der Waals surface area contributed by atoms with E-state index in [9.17, 15) is 14.9 Å². The molecule has 0 aliphatic carbocycles.